The van der Waals surface area contributed by atoms with Crippen LogP contribution in [0.4, 0.5) is 0 Å². The summed E-state index contributed by atoms with van der Waals surface area (Å²) >= 11 is 0. The number of hydrogen-bond acceptors (Lipinski definition) is 5. The lowest BCUT2D eigenvalue weighted by Crippen LogP contribution is -2.11. The Bertz CT molecular complexity index is 355. The summed E-state index contributed by atoms with van der Waals surface area (Å²) < 4.78 is 9.11. The number of rotatable bonds is 2. The topological polar surface area (TPSA) is 95.4 Å². The van der Waals surface area contributed by atoms with Crippen LogP contribution >= 0.6 is 0 Å². The summed E-state index contributed by atoms with van der Waals surface area (Å²) in [6.45, 7) is 1.51. The first-order valence-electron chi connectivity index (χ1n) is 3.41. The van der Waals surface area contributed by atoms with Crippen molar-refractivity contribution in [2.24, 2.45) is 5.73 Å². The Labute approximate surface area is 73.7 Å². The first-order chi connectivity index (χ1) is 6.06. The molecule has 1 aromatic heterocycles. The minimum atomic E-state index is -0.764. The summed E-state index contributed by atoms with van der Waals surface area (Å²) in [5.74, 6) is -1.90. The number of aryl methyl sites for hydroxylation is 1. The van der Waals surface area contributed by atoms with Crippen LogP contribution in [0.25, 0.3) is 0 Å². The Morgan fingerprint density at radius 3 is 2.54 bits per heavy atom. The Hall–Kier alpha value is -1.85. The van der Waals surface area contributed by atoms with Gasteiger partial charge in [-0.25, -0.2) is 9.78 Å². The van der Waals surface area contributed by atoms with Crippen LogP contribution in [-0.2, 0) is 4.74 Å². The molecule has 1 aromatic rings. The number of aromatic nitrogens is 1. The Balaban J connectivity index is 3.09. The van der Waals surface area contributed by atoms with E-state index in [0.717, 1.165) is 0 Å². The van der Waals surface area contributed by atoms with Crippen molar-refractivity contribution in [3.8, 4) is 0 Å². The third-order valence-corrected chi connectivity index (χ3v) is 1.38. The molecular weight excluding hydrogens is 176 g/mol. The molecule has 0 unspecified atom stereocenters. The zero-order valence-corrected chi connectivity index (χ0v) is 7.16. The normalized spacial score (nSPS) is 9.69. The molecule has 6 nitrogen and oxygen atoms in total. The van der Waals surface area contributed by atoms with E-state index >= 15 is 0 Å². The minimum Gasteiger partial charge on any atom is -0.462 e. The van der Waals surface area contributed by atoms with Gasteiger partial charge in [0.25, 0.3) is 5.91 Å². The van der Waals surface area contributed by atoms with Gasteiger partial charge in [-0.2, -0.15) is 0 Å². The van der Waals surface area contributed by atoms with E-state index < -0.39 is 11.9 Å². The van der Waals surface area contributed by atoms with Crippen molar-refractivity contribution >= 4 is 11.9 Å². The standard InChI is InChI=1S/C7H8N2O4/c1-3-4(5(8)10)13-6(9-3)7(11)12-2/h1-2H3,(H2,8,10). The van der Waals surface area contributed by atoms with Gasteiger partial charge in [0.1, 0.15) is 0 Å². The lowest BCUT2D eigenvalue weighted by Gasteiger charge is -1.89. The molecule has 0 aliphatic rings. The molecule has 0 fully saturated rings. The highest BCUT2D eigenvalue weighted by Gasteiger charge is 2.19. The van der Waals surface area contributed by atoms with E-state index in [-0.39, 0.29) is 17.3 Å². The number of nitrogens with zero attached hydrogens (tertiary/aromatic N) is 1. The second-order valence-corrected chi connectivity index (χ2v) is 2.29. The molecule has 13 heavy (non-hydrogen) atoms. The predicted molar refractivity (Wildman–Crippen MR) is 41.1 cm³/mol. The van der Waals surface area contributed by atoms with Gasteiger partial charge in [0.05, 0.1) is 12.8 Å². The van der Waals surface area contributed by atoms with Crippen molar-refractivity contribution in [3.05, 3.63) is 17.3 Å². The summed E-state index contributed by atoms with van der Waals surface area (Å²) in [4.78, 5) is 25.2. The maximum absolute atomic E-state index is 10.9. The monoisotopic (exact) mass is 184 g/mol. The van der Waals surface area contributed by atoms with Crippen molar-refractivity contribution in [1.82, 2.24) is 4.98 Å². The van der Waals surface area contributed by atoms with Crippen molar-refractivity contribution in [2.45, 2.75) is 6.92 Å². The largest absolute Gasteiger partial charge is 0.462 e. The van der Waals surface area contributed by atoms with E-state index in [0.29, 0.717) is 0 Å². The van der Waals surface area contributed by atoms with Crippen LogP contribution < -0.4 is 5.73 Å². The number of ether oxygens (including phenoxy) is 1. The molecule has 0 atom stereocenters. The quantitative estimate of drug-likeness (QED) is 0.646. The fourth-order valence-corrected chi connectivity index (χ4v) is 0.800. The van der Waals surface area contributed by atoms with Gasteiger partial charge in [0.2, 0.25) is 5.76 Å². The van der Waals surface area contributed by atoms with Crippen molar-refractivity contribution in [3.63, 3.8) is 0 Å². The average molecular weight is 184 g/mol. The molecule has 1 heterocycles. The highest BCUT2D eigenvalue weighted by molar-refractivity contribution is 5.92. The first kappa shape index (κ1) is 9.24. The average Bonchev–Trinajstić information content (AvgIpc) is 2.46. The van der Waals surface area contributed by atoms with Crippen LogP contribution in [0.15, 0.2) is 4.42 Å². The lowest BCUT2D eigenvalue weighted by atomic mass is 10.4. The second kappa shape index (κ2) is 3.26. The number of carbonyl (C=O) groups excluding carboxylic acids is 2. The predicted octanol–water partition coefficient (Wildman–Crippen LogP) is -0.131. The lowest BCUT2D eigenvalue weighted by molar-refractivity contribution is 0.0554. The second-order valence-electron chi connectivity index (χ2n) is 2.29. The van der Waals surface area contributed by atoms with E-state index in [4.69, 9.17) is 10.2 Å². The van der Waals surface area contributed by atoms with E-state index in [1.165, 1.54) is 14.0 Å². The van der Waals surface area contributed by atoms with Gasteiger partial charge in [-0.15, -0.1) is 0 Å². The van der Waals surface area contributed by atoms with E-state index in [1.54, 1.807) is 0 Å². The number of oxazole rings is 1. The summed E-state index contributed by atoms with van der Waals surface area (Å²) in [5.41, 5.74) is 5.22. The highest BCUT2D eigenvalue weighted by Crippen LogP contribution is 2.09. The fourth-order valence-electron chi connectivity index (χ4n) is 0.800. The zero-order valence-electron chi connectivity index (χ0n) is 7.16. The first-order valence-corrected chi connectivity index (χ1v) is 3.41. The maximum Gasteiger partial charge on any atom is 0.394 e. The number of hydrogen-bond donors (Lipinski definition) is 1. The Kier molecular flexibility index (Phi) is 2.32. The van der Waals surface area contributed by atoms with E-state index in [2.05, 4.69) is 9.72 Å². The molecule has 0 spiro atoms. The van der Waals surface area contributed by atoms with Gasteiger partial charge in [0.15, 0.2) is 0 Å². The van der Waals surface area contributed by atoms with Crippen LogP contribution in [0, 0.1) is 6.92 Å². The third kappa shape index (κ3) is 1.66. The maximum atomic E-state index is 10.9. The Morgan fingerprint density at radius 1 is 1.54 bits per heavy atom. The highest BCUT2D eigenvalue weighted by atomic mass is 16.5. The molecular formula is C7H8N2O4. The molecule has 70 valence electrons. The smallest absolute Gasteiger partial charge is 0.394 e. The number of esters is 1. The van der Waals surface area contributed by atoms with Crippen LogP contribution in [0.5, 0.6) is 0 Å². The number of methoxy groups -OCH3 is 1. The Morgan fingerprint density at radius 2 is 2.15 bits per heavy atom. The van der Waals surface area contributed by atoms with Crippen LogP contribution in [0.1, 0.15) is 26.9 Å². The van der Waals surface area contributed by atoms with Gasteiger partial charge in [-0.1, -0.05) is 0 Å². The van der Waals surface area contributed by atoms with Gasteiger partial charge >= 0.3 is 11.9 Å². The minimum absolute atomic E-state index is 0.125. The van der Waals surface area contributed by atoms with E-state index in [1.807, 2.05) is 0 Å². The number of primary amides is 1. The molecule has 2 N–H and O–H groups in total. The molecule has 0 aliphatic carbocycles. The third-order valence-electron chi connectivity index (χ3n) is 1.38. The SMILES string of the molecule is COC(=O)c1nc(C)c(C(N)=O)o1. The van der Waals surface area contributed by atoms with Crippen molar-refractivity contribution in [1.29, 1.82) is 0 Å². The molecule has 6 heteroatoms. The van der Waals surface area contributed by atoms with Crippen molar-refractivity contribution in [2.75, 3.05) is 7.11 Å². The zero-order chi connectivity index (χ0) is 10.0. The fraction of sp³-hybridized carbons (Fsp3) is 0.286. The number of carbonyl (C=O) groups is 2. The molecule has 0 saturated carbocycles. The summed E-state index contributed by atoms with van der Waals surface area (Å²) in [7, 11) is 1.19. The van der Waals surface area contributed by atoms with Gasteiger partial charge in [-0.3, -0.25) is 4.79 Å². The summed E-state index contributed by atoms with van der Waals surface area (Å²) in [5, 5.41) is 0. The molecule has 0 saturated heterocycles. The van der Waals surface area contributed by atoms with Gasteiger partial charge in [-0.05, 0) is 6.92 Å². The number of nitrogens with two attached hydrogens (primary N) is 1. The summed E-state index contributed by atoms with van der Waals surface area (Å²) in [6.07, 6.45) is 0. The molecule has 0 bridgehead atoms. The number of amides is 1. The van der Waals surface area contributed by atoms with Crippen LogP contribution in [-0.4, -0.2) is 24.0 Å². The van der Waals surface area contributed by atoms with Gasteiger partial charge in [0, 0.05) is 0 Å². The van der Waals surface area contributed by atoms with Crippen LogP contribution in [0.3, 0.4) is 0 Å². The van der Waals surface area contributed by atoms with Crippen molar-refractivity contribution < 1.29 is 18.7 Å². The van der Waals surface area contributed by atoms with Crippen LogP contribution in [0.2, 0.25) is 0 Å². The molecule has 0 aliphatic heterocycles. The van der Waals surface area contributed by atoms with E-state index in [9.17, 15) is 9.59 Å². The van der Waals surface area contributed by atoms with Gasteiger partial charge < -0.3 is 14.9 Å². The summed E-state index contributed by atoms with van der Waals surface area (Å²) in [6, 6.07) is 0. The molecule has 1 amide bonds. The molecule has 0 radical (unpaired) electrons. The molecule has 1 rings (SSSR count). The molecule has 0 aromatic carbocycles.